The van der Waals surface area contributed by atoms with Gasteiger partial charge in [0, 0.05) is 18.8 Å². The number of pyridine rings is 1. The number of amides is 2. The molecule has 0 aromatic carbocycles. The molecule has 0 bridgehead atoms. The molecular formula is C11H13N3O3. The number of carbonyl (C=O) groups is 2. The number of ether oxygens (including phenoxy) is 1. The Hall–Kier alpha value is -2.11. The molecule has 0 saturated carbocycles. The second-order valence-corrected chi connectivity index (χ2v) is 3.78. The molecule has 90 valence electrons. The van der Waals surface area contributed by atoms with Crippen LogP contribution in [0.25, 0.3) is 0 Å². The molecule has 1 aromatic heterocycles. The fourth-order valence-electron chi connectivity index (χ4n) is 1.85. The van der Waals surface area contributed by atoms with E-state index in [1.807, 2.05) is 0 Å². The summed E-state index contributed by atoms with van der Waals surface area (Å²) in [5, 5.41) is 0. The Bertz CT molecular complexity index is 421. The lowest BCUT2D eigenvalue weighted by molar-refractivity contribution is -0.138. The molecule has 2 N–H and O–H groups in total. The van der Waals surface area contributed by atoms with Gasteiger partial charge in [-0.3, -0.25) is 0 Å². The first-order valence-corrected chi connectivity index (χ1v) is 5.37. The number of likely N-dealkylation sites (tertiary alicyclic amines) is 1. The monoisotopic (exact) mass is 235 g/mol. The first kappa shape index (κ1) is 11.4. The van der Waals surface area contributed by atoms with Crippen LogP contribution in [0.5, 0.6) is 5.88 Å². The fourth-order valence-corrected chi connectivity index (χ4v) is 1.85. The van der Waals surface area contributed by atoms with E-state index >= 15 is 0 Å². The van der Waals surface area contributed by atoms with Crippen molar-refractivity contribution in [2.75, 3.05) is 6.54 Å². The summed E-state index contributed by atoms with van der Waals surface area (Å²) >= 11 is 0. The summed E-state index contributed by atoms with van der Waals surface area (Å²) in [6, 6.07) is 3.85. The largest absolute Gasteiger partial charge is 0.406 e. The standard InChI is InChI=1S/C11H13N3O3/c12-11(16)14-7-3-4-8(14)10(15)17-9-5-1-2-6-13-9/h1-2,5-6,8H,3-4,7H2,(H2,12,16). The molecule has 6 nitrogen and oxygen atoms in total. The van der Waals surface area contributed by atoms with E-state index in [4.69, 9.17) is 10.5 Å². The highest BCUT2D eigenvalue weighted by atomic mass is 16.5. The summed E-state index contributed by atoms with van der Waals surface area (Å²) in [5.41, 5.74) is 5.18. The number of aromatic nitrogens is 1. The van der Waals surface area contributed by atoms with E-state index in [1.54, 1.807) is 18.2 Å². The van der Waals surface area contributed by atoms with Gasteiger partial charge in [0.2, 0.25) is 5.88 Å². The van der Waals surface area contributed by atoms with Gasteiger partial charge in [-0.15, -0.1) is 0 Å². The van der Waals surface area contributed by atoms with Crippen LogP contribution in [-0.4, -0.2) is 34.5 Å². The molecule has 0 radical (unpaired) electrons. The predicted octanol–water partition coefficient (Wildman–Crippen LogP) is 0.530. The summed E-state index contributed by atoms with van der Waals surface area (Å²) in [6.45, 7) is 0.497. The zero-order chi connectivity index (χ0) is 12.3. The second kappa shape index (κ2) is 4.82. The maximum absolute atomic E-state index is 11.8. The van der Waals surface area contributed by atoms with Gasteiger partial charge in [-0.25, -0.2) is 14.6 Å². The van der Waals surface area contributed by atoms with Crippen molar-refractivity contribution in [2.24, 2.45) is 5.73 Å². The Labute approximate surface area is 98.4 Å². The topological polar surface area (TPSA) is 85.5 Å². The number of urea groups is 1. The molecular weight excluding hydrogens is 222 g/mol. The smallest absolute Gasteiger partial charge is 0.335 e. The van der Waals surface area contributed by atoms with Crippen molar-refractivity contribution in [1.82, 2.24) is 9.88 Å². The van der Waals surface area contributed by atoms with Gasteiger partial charge in [-0.1, -0.05) is 6.07 Å². The first-order valence-electron chi connectivity index (χ1n) is 5.37. The van der Waals surface area contributed by atoms with E-state index in [1.165, 1.54) is 11.1 Å². The quantitative estimate of drug-likeness (QED) is 0.757. The Kier molecular flexibility index (Phi) is 3.22. The summed E-state index contributed by atoms with van der Waals surface area (Å²) in [5.74, 6) is -0.256. The van der Waals surface area contributed by atoms with Crippen LogP contribution >= 0.6 is 0 Å². The van der Waals surface area contributed by atoms with Crippen molar-refractivity contribution in [3.05, 3.63) is 24.4 Å². The maximum atomic E-state index is 11.8. The molecule has 1 aromatic rings. The van der Waals surface area contributed by atoms with Gasteiger partial charge in [0.15, 0.2) is 0 Å². The third-order valence-electron chi connectivity index (χ3n) is 2.65. The number of esters is 1. The van der Waals surface area contributed by atoms with E-state index in [9.17, 15) is 9.59 Å². The van der Waals surface area contributed by atoms with Gasteiger partial charge in [0.25, 0.3) is 0 Å². The third kappa shape index (κ3) is 2.52. The summed E-state index contributed by atoms with van der Waals surface area (Å²) in [6.07, 6.45) is 2.86. The number of primary amides is 1. The molecule has 17 heavy (non-hydrogen) atoms. The maximum Gasteiger partial charge on any atom is 0.335 e. The zero-order valence-corrected chi connectivity index (χ0v) is 9.20. The van der Waals surface area contributed by atoms with Crippen LogP contribution in [0.3, 0.4) is 0 Å². The molecule has 1 aliphatic rings. The van der Waals surface area contributed by atoms with Crippen LogP contribution < -0.4 is 10.5 Å². The third-order valence-corrected chi connectivity index (χ3v) is 2.65. The van der Waals surface area contributed by atoms with Crippen LogP contribution in [0.4, 0.5) is 4.79 Å². The van der Waals surface area contributed by atoms with E-state index in [-0.39, 0.29) is 5.88 Å². The second-order valence-electron chi connectivity index (χ2n) is 3.78. The van der Waals surface area contributed by atoms with Crippen molar-refractivity contribution in [2.45, 2.75) is 18.9 Å². The van der Waals surface area contributed by atoms with E-state index < -0.39 is 18.0 Å². The molecule has 0 aliphatic carbocycles. The predicted molar refractivity (Wildman–Crippen MR) is 59.2 cm³/mol. The number of nitrogens with zero attached hydrogens (tertiary/aromatic N) is 2. The van der Waals surface area contributed by atoms with Crippen LogP contribution in [0, 0.1) is 0 Å². The highest BCUT2D eigenvalue weighted by Gasteiger charge is 2.34. The van der Waals surface area contributed by atoms with Crippen LogP contribution in [-0.2, 0) is 4.79 Å². The summed E-state index contributed by atoms with van der Waals surface area (Å²) in [4.78, 5) is 28.1. The van der Waals surface area contributed by atoms with E-state index in [0.717, 1.165) is 6.42 Å². The molecule has 1 saturated heterocycles. The van der Waals surface area contributed by atoms with Crippen molar-refractivity contribution in [1.29, 1.82) is 0 Å². The van der Waals surface area contributed by atoms with Crippen LogP contribution in [0.1, 0.15) is 12.8 Å². The average Bonchev–Trinajstić information content (AvgIpc) is 2.79. The lowest BCUT2D eigenvalue weighted by atomic mass is 10.2. The molecule has 0 spiro atoms. The van der Waals surface area contributed by atoms with Crippen LogP contribution in [0.15, 0.2) is 24.4 Å². The number of nitrogens with two attached hydrogens (primary N) is 1. The molecule has 2 amide bonds. The minimum Gasteiger partial charge on any atom is -0.406 e. The summed E-state index contributed by atoms with van der Waals surface area (Å²) in [7, 11) is 0. The van der Waals surface area contributed by atoms with Gasteiger partial charge < -0.3 is 15.4 Å². The van der Waals surface area contributed by atoms with Crippen molar-refractivity contribution in [3.8, 4) is 5.88 Å². The number of carbonyl (C=O) groups excluding carboxylic acids is 2. The van der Waals surface area contributed by atoms with Gasteiger partial charge in [-0.05, 0) is 18.9 Å². The van der Waals surface area contributed by atoms with Gasteiger partial charge >= 0.3 is 12.0 Å². The molecule has 2 rings (SSSR count). The van der Waals surface area contributed by atoms with Crippen molar-refractivity contribution < 1.29 is 14.3 Å². The Morgan fingerprint density at radius 2 is 2.29 bits per heavy atom. The van der Waals surface area contributed by atoms with E-state index in [2.05, 4.69) is 4.98 Å². The number of hydrogen-bond acceptors (Lipinski definition) is 4. The molecule has 2 heterocycles. The number of hydrogen-bond donors (Lipinski definition) is 1. The van der Waals surface area contributed by atoms with E-state index in [0.29, 0.717) is 13.0 Å². The normalized spacial score (nSPS) is 19.1. The van der Waals surface area contributed by atoms with Gasteiger partial charge in [-0.2, -0.15) is 0 Å². The Balaban J connectivity index is 2.03. The fraction of sp³-hybridized carbons (Fsp3) is 0.364. The number of rotatable bonds is 2. The van der Waals surface area contributed by atoms with Crippen molar-refractivity contribution in [3.63, 3.8) is 0 Å². The SMILES string of the molecule is NC(=O)N1CCCC1C(=O)Oc1ccccn1. The Morgan fingerprint density at radius 1 is 1.47 bits per heavy atom. The van der Waals surface area contributed by atoms with Gasteiger partial charge in [0.05, 0.1) is 0 Å². The zero-order valence-electron chi connectivity index (χ0n) is 9.20. The molecule has 6 heteroatoms. The highest BCUT2D eigenvalue weighted by molar-refractivity contribution is 5.84. The first-order chi connectivity index (χ1) is 8.18. The van der Waals surface area contributed by atoms with Gasteiger partial charge in [0.1, 0.15) is 6.04 Å². The lowest BCUT2D eigenvalue weighted by Crippen LogP contribution is -2.45. The summed E-state index contributed by atoms with van der Waals surface area (Å²) < 4.78 is 5.08. The molecule has 1 atom stereocenters. The lowest BCUT2D eigenvalue weighted by Gasteiger charge is -2.20. The molecule has 1 aliphatic heterocycles. The molecule has 1 unspecified atom stereocenters. The van der Waals surface area contributed by atoms with Crippen LogP contribution in [0.2, 0.25) is 0 Å². The van der Waals surface area contributed by atoms with Crippen molar-refractivity contribution >= 4 is 12.0 Å². The average molecular weight is 235 g/mol. The Morgan fingerprint density at radius 3 is 2.94 bits per heavy atom. The molecule has 1 fully saturated rings. The minimum atomic E-state index is -0.592. The highest BCUT2D eigenvalue weighted by Crippen LogP contribution is 2.18. The minimum absolute atomic E-state index is 0.230.